The molecule has 0 aliphatic heterocycles. The van der Waals surface area contributed by atoms with Crippen molar-refractivity contribution in [1.29, 1.82) is 0 Å². The summed E-state index contributed by atoms with van der Waals surface area (Å²) in [6.45, 7) is 7.55. The van der Waals surface area contributed by atoms with Crippen LogP contribution in [0, 0.1) is 27.7 Å². The Hall–Kier alpha value is -2.89. The Kier molecular flexibility index (Phi) is 4.93. The topological polar surface area (TPSA) is 82.5 Å². The molecule has 1 aromatic carbocycles. The lowest BCUT2D eigenvalue weighted by Gasteiger charge is -2.09. The molecule has 3 aromatic rings. The van der Waals surface area contributed by atoms with Crippen LogP contribution in [0.1, 0.15) is 40.1 Å². The van der Waals surface area contributed by atoms with E-state index in [4.69, 9.17) is 13.7 Å². The molecule has 0 saturated heterocycles. The van der Waals surface area contributed by atoms with Gasteiger partial charge in [0.25, 0.3) is 0 Å². The summed E-state index contributed by atoms with van der Waals surface area (Å²) >= 11 is 0. The molecule has 26 heavy (non-hydrogen) atoms. The Bertz CT molecular complexity index is 1010. The second-order valence-electron chi connectivity index (χ2n) is 6.44. The van der Waals surface area contributed by atoms with E-state index < -0.39 is 5.63 Å². The van der Waals surface area contributed by atoms with E-state index in [0.29, 0.717) is 23.3 Å². The second-order valence-corrected chi connectivity index (χ2v) is 6.44. The molecule has 0 unspecified atom stereocenters. The number of esters is 1. The fourth-order valence-corrected chi connectivity index (χ4v) is 2.96. The van der Waals surface area contributed by atoms with Crippen LogP contribution in [0.15, 0.2) is 31.9 Å². The van der Waals surface area contributed by atoms with Gasteiger partial charge < -0.3 is 13.7 Å². The van der Waals surface area contributed by atoms with Crippen molar-refractivity contribution in [2.45, 2.75) is 47.1 Å². The molecular weight excluding hydrogens is 334 g/mol. The predicted molar refractivity (Wildman–Crippen MR) is 96.1 cm³/mol. The maximum absolute atomic E-state index is 12.1. The summed E-state index contributed by atoms with van der Waals surface area (Å²) in [4.78, 5) is 23.9. The third-order valence-electron chi connectivity index (χ3n) is 4.67. The van der Waals surface area contributed by atoms with Gasteiger partial charge in [-0.05, 0) is 45.2 Å². The summed E-state index contributed by atoms with van der Waals surface area (Å²) in [6.07, 6.45) is 0.733. The van der Waals surface area contributed by atoms with E-state index in [1.807, 2.05) is 39.8 Å². The normalized spacial score (nSPS) is 11.1. The number of hydrogen-bond acceptors (Lipinski definition) is 6. The van der Waals surface area contributed by atoms with E-state index in [1.54, 1.807) is 0 Å². The molecule has 0 aliphatic carbocycles. The maximum atomic E-state index is 12.1. The van der Waals surface area contributed by atoms with Crippen molar-refractivity contribution in [3.63, 3.8) is 0 Å². The minimum Gasteiger partial charge on any atom is -0.461 e. The van der Waals surface area contributed by atoms with Crippen LogP contribution in [-0.2, 0) is 22.6 Å². The van der Waals surface area contributed by atoms with Gasteiger partial charge in [-0.3, -0.25) is 4.79 Å². The van der Waals surface area contributed by atoms with E-state index in [9.17, 15) is 9.59 Å². The number of aryl methyl sites for hydroxylation is 4. The van der Waals surface area contributed by atoms with Gasteiger partial charge in [-0.15, -0.1) is 0 Å². The van der Waals surface area contributed by atoms with Crippen molar-refractivity contribution in [2.24, 2.45) is 0 Å². The van der Waals surface area contributed by atoms with Crippen LogP contribution in [0.3, 0.4) is 0 Å². The van der Waals surface area contributed by atoms with Gasteiger partial charge in [-0.2, -0.15) is 0 Å². The van der Waals surface area contributed by atoms with Gasteiger partial charge in [-0.1, -0.05) is 17.3 Å². The zero-order valence-electron chi connectivity index (χ0n) is 15.3. The van der Waals surface area contributed by atoms with Crippen LogP contribution in [0.2, 0.25) is 0 Å². The van der Waals surface area contributed by atoms with Gasteiger partial charge in [0.05, 0.1) is 5.69 Å². The number of ether oxygens (including phenoxy) is 1. The van der Waals surface area contributed by atoms with Crippen molar-refractivity contribution < 1.29 is 18.5 Å². The first-order valence-electron chi connectivity index (χ1n) is 8.47. The second kappa shape index (κ2) is 7.15. The lowest BCUT2D eigenvalue weighted by molar-refractivity contribution is -0.144. The van der Waals surface area contributed by atoms with Crippen molar-refractivity contribution in [1.82, 2.24) is 5.16 Å². The average Bonchev–Trinajstić information content (AvgIpc) is 2.92. The number of carbonyl (C=O) groups is 1. The Balaban J connectivity index is 1.72. The SMILES string of the molecule is Cc1ccc2c(COC(=O)CCc3c(C)noc3C)cc(=O)oc2c1C. The van der Waals surface area contributed by atoms with Crippen LogP contribution in [0.25, 0.3) is 11.0 Å². The van der Waals surface area contributed by atoms with Gasteiger partial charge in [0.2, 0.25) is 0 Å². The largest absolute Gasteiger partial charge is 0.461 e. The molecule has 136 valence electrons. The maximum Gasteiger partial charge on any atom is 0.336 e. The zero-order chi connectivity index (χ0) is 18.8. The Morgan fingerprint density at radius 3 is 2.65 bits per heavy atom. The predicted octanol–water partition coefficient (Wildman–Crippen LogP) is 3.69. The molecule has 3 rings (SSSR count). The molecule has 2 aromatic heterocycles. The van der Waals surface area contributed by atoms with Crippen LogP contribution < -0.4 is 5.63 Å². The van der Waals surface area contributed by atoms with Crippen molar-refractivity contribution in [3.05, 3.63) is 62.3 Å². The first kappa shape index (κ1) is 17.9. The van der Waals surface area contributed by atoms with Crippen LogP contribution in [0.4, 0.5) is 0 Å². The van der Waals surface area contributed by atoms with Gasteiger partial charge >= 0.3 is 11.6 Å². The zero-order valence-corrected chi connectivity index (χ0v) is 15.3. The summed E-state index contributed by atoms with van der Waals surface area (Å²) in [6, 6.07) is 5.22. The lowest BCUT2D eigenvalue weighted by atomic mass is 10.0. The molecule has 0 bridgehead atoms. The molecule has 0 atom stereocenters. The van der Waals surface area contributed by atoms with Gasteiger partial charge in [0.1, 0.15) is 18.0 Å². The molecule has 6 nitrogen and oxygen atoms in total. The van der Waals surface area contributed by atoms with E-state index in [2.05, 4.69) is 5.16 Å². The standard InChI is InChI=1S/C20H21NO5/c1-11-5-6-17-15(9-19(23)25-20(17)12(11)2)10-24-18(22)8-7-16-13(3)21-26-14(16)4/h5-6,9H,7-8,10H2,1-4H3. The molecule has 0 N–H and O–H groups in total. The third kappa shape index (κ3) is 3.54. The van der Waals surface area contributed by atoms with Gasteiger partial charge in [-0.25, -0.2) is 4.79 Å². The van der Waals surface area contributed by atoms with Crippen molar-refractivity contribution in [2.75, 3.05) is 0 Å². The van der Waals surface area contributed by atoms with Crippen molar-refractivity contribution in [3.8, 4) is 0 Å². The quantitative estimate of drug-likeness (QED) is 0.513. The number of nitrogens with zero attached hydrogens (tertiary/aromatic N) is 1. The highest BCUT2D eigenvalue weighted by molar-refractivity contribution is 5.84. The van der Waals surface area contributed by atoms with Crippen molar-refractivity contribution >= 4 is 16.9 Å². The monoisotopic (exact) mass is 355 g/mol. The van der Waals surface area contributed by atoms with E-state index in [1.165, 1.54) is 6.07 Å². The van der Waals surface area contributed by atoms with Crippen LogP contribution >= 0.6 is 0 Å². The highest BCUT2D eigenvalue weighted by atomic mass is 16.5. The fourth-order valence-electron chi connectivity index (χ4n) is 2.96. The Morgan fingerprint density at radius 1 is 1.19 bits per heavy atom. The number of rotatable bonds is 5. The summed E-state index contributed by atoms with van der Waals surface area (Å²) in [5.41, 5.74) is 4.39. The minimum absolute atomic E-state index is 0.0328. The lowest BCUT2D eigenvalue weighted by Crippen LogP contribution is -2.09. The molecular formula is C20H21NO5. The number of aromatic nitrogens is 1. The molecule has 0 spiro atoms. The van der Waals surface area contributed by atoms with Gasteiger partial charge in [0, 0.05) is 29.0 Å². The number of carbonyl (C=O) groups excluding carboxylic acids is 1. The smallest absolute Gasteiger partial charge is 0.336 e. The molecule has 2 heterocycles. The van der Waals surface area contributed by atoms with E-state index >= 15 is 0 Å². The summed E-state index contributed by atoms with van der Waals surface area (Å²) in [5, 5.41) is 4.66. The minimum atomic E-state index is -0.451. The Morgan fingerprint density at radius 2 is 1.96 bits per heavy atom. The molecule has 0 fully saturated rings. The molecule has 0 amide bonds. The van der Waals surface area contributed by atoms with Gasteiger partial charge in [0.15, 0.2) is 0 Å². The highest BCUT2D eigenvalue weighted by Gasteiger charge is 2.14. The fraction of sp³-hybridized carbons (Fsp3) is 0.350. The number of hydrogen-bond donors (Lipinski definition) is 0. The van der Waals surface area contributed by atoms with E-state index in [-0.39, 0.29) is 19.0 Å². The average molecular weight is 355 g/mol. The molecule has 0 saturated carbocycles. The summed E-state index contributed by atoms with van der Waals surface area (Å²) in [7, 11) is 0. The summed E-state index contributed by atoms with van der Waals surface area (Å²) < 4.78 is 15.8. The number of fused-ring (bicyclic) bond motifs is 1. The molecule has 0 aliphatic rings. The molecule has 6 heteroatoms. The molecule has 0 radical (unpaired) electrons. The van der Waals surface area contributed by atoms with E-state index in [0.717, 1.165) is 27.8 Å². The Labute approximate surface area is 150 Å². The highest BCUT2D eigenvalue weighted by Crippen LogP contribution is 2.24. The van der Waals surface area contributed by atoms with Crippen LogP contribution in [-0.4, -0.2) is 11.1 Å². The number of benzene rings is 1. The third-order valence-corrected chi connectivity index (χ3v) is 4.67. The first-order chi connectivity index (χ1) is 12.4. The first-order valence-corrected chi connectivity index (χ1v) is 8.47. The van der Waals surface area contributed by atoms with Crippen LogP contribution in [0.5, 0.6) is 0 Å². The summed E-state index contributed by atoms with van der Waals surface area (Å²) in [5.74, 6) is 0.378.